The average molecular weight is 372 g/mol. The van der Waals surface area contributed by atoms with Crippen molar-refractivity contribution < 1.29 is 9.18 Å². The van der Waals surface area contributed by atoms with Crippen LogP contribution in [-0.4, -0.2) is 5.91 Å². The molecule has 0 saturated heterocycles. The molecule has 0 bridgehead atoms. The summed E-state index contributed by atoms with van der Waals surface area (Å²) in [6, 6.07) is 18.0. The van der Waals surface area contributed by atoms with Gasteiger partial charge in [0.2, 0.25) is 0 Å². The Morgan fingerprint density at radius 3 is 2.57 bits per heavy atom. The lowest BCUT2D eigenvalue weighted by Gasteiger charge is -2.16. The van der Waals surface area contributed by atoms with Gasteiger partial charge in [-0.1, -0.05) is 36.4 Å². The van der Waals surface area contributed by atoms with Crippen LogP contribution in [0.1, 0.15) is 28.9 Å². The number of hydrogen-bond donors (Lipinski definition) is 1. The van der Waals surface area contributed by atoms with Gasteiger partial charge in [0.05, 0.1) is 11.6 Å². The molecule has 23 heavy (non-hydrogen) atoms. The van der Waals surface area contributed by atoms with E-state index in [0.29, 0.717) is 4.47 Å². The Hall–Kier alpha value is -2.20. The fraction of sp³-hybridized carbons (Fsp3) is 0.105. The highest BCUT2D eigenvalue weighted by atomic mass is 79.9. The molecule has 0 radical (unpaired) electrons. The number of nitrogens with one attached hydrogen (secondary N) is 1. The normalized spacial score (nSPS) is 12.1. The summed E-state index contributed by atoms with van der Waals surface area (Å²) in [6.45, 7) is 1.91. The molecule has 2 nitrogen and oxygen atoms in total. The Morgan fingerprint density at radius 1 is 1.04 bits per heavy atom. The van der Waals surface area contributed by atoms with E-state index in [2.05, 4.69) is 27.3 Å². The van der Waals surface area contributed by atoms with Crippen LogP contribution >= 0.6 is 15.9 Å². The van der Waals surface area contributed by atoms with Gasteiger partial charge in [-0.3, -0.25) is 4.79 Å². The molecule has 4 heteroatoms. The molecule has 0 fully saturated rings. The maximum absolute atomic E-state index is 13.3. The van der Waals surface area contributed by atoms with Gasteiger partial charge in [0.1, 0.15) is 5.82 Å². The Bertz CT molecular complexity index is 878. The van der Waals surface area contributed by atoms with Crippen molar-refractivity contribution in [2.75, 3.05) is 0 Å². The van der Waals surface area contributed by atoms with Crippen molar-refractivity contribution >= 4 is 32.6 Å². The van der Waals surface area contributed by atoms with E-state index in [1.165, 1.54) is 18.2 Å². The van der Waals surface area contributed by atoms with Gasteiger partial charge in [0.25, 0.3) is 5.91 Å². The molecule has 0 aliphatic heterocycles. The van der Waals surface area contributed by atoms with E-state index in [1.54, 1.807) is 0 Å². The molecular weight excluding hydrogens is 357 g/mol. The maximum atomic E-state index is 13.3. The summed E-state index contributed by atoms with van der Waals surface area (Å²) >= 11 is 3.28. The highest BCUT2D eigenvalue weighted by molar-refractivity contribution is 9.10. The van der Waals surface area contributed by atoms with Crippen LogP contribution in [0.5, 0.6) is 0 Å². The first-order chi connectivity index (χ1) is 11.0. The maximum Gasteiger partial charge on any atom is 0.253 e. The van der Waals surface area contributed by atoms with Crippen LogP contribution in [0.2, 0.25) is 0 Å². The van der Waals surface area contributed by atoms with Crippen molar-refractivity contribution in [2.24, 2.45) is 0 Å². The first-order valence-corrected chi connectivity index (χ1v) is 8.08. The second-order valence-corrected chi connectivity index (χ2v) is 6.28. The number of fused-ring (bicyclic) bond motifs is 1. The van der Waals surface area contributed by atoms with Crippen LogP contribution in [0.25, 0.3) is 10.8 Å². The largest absolute Gasteiger partial charge is 0.345 e. The minimum Gasteiger partial charge on any atom is -0.345 e. The van der Waals surface area contributed by atoms with E-state index in [0.717, 1.165) is 16.3 Å². The summed E-state index contributed by atoms with van der Waals surface area (Å²) in [6.07, 6.45) is 0. The van der Waals surface area contributed by atoms with Gasteiger partial charge in [-0.25, -0.2) is 4.39 Å². The van der Waals surface area contributed by atoms with Crippen molar-refractivity contribution in [1.82, 2.24) is 5.32 Å². The molecule has 0 aliphatic carbocycles. The number of carbonyl (C=O) groups excluding carboxylic acids is 1. The predicted molar refractivity (Wildman–Crippen MR) is 93.9 cm³/mol. The summed E-state index contributed by atoms with van der Waals surface area (Å²) in [4.78, 5) is 12.4. The first kappa shape index (κ1) is 15.7. The summed E-state index contributed by atoms with van der Waals surface area (Å²) in [5, 5.41) is 5.19. The fourth-order valence-electron chi connectivity index (χ4n) is 2.51. The summed E-state index contributed by atoms with van der Waals surface area (Å²) in [5.74, 6) is -0.742. The molecule has 1 unspecified atom stereocenters. The van der Waals surface area contributed by atoms with E-state index < -0.39 is 5.82 Å². The monoisotopic (exact) mass is 371 g/mol. The molecule has 0 aliphatic rings. The van der Waals surface area contributed by atoms with Gasteiger partial charge in [0.15, 0.2) is 0 Å². The number of benzene rings is 3. The lowest BCUT2D eigenvalue weighted by atomic mass is 10.0. The second kappa shape index (κ2) is 6.50. The third-order valence-corrected chi connectivity index (χ3v) is 4.49. The molecule has 0 spiro atoms. The zero-order valence-electron chi connectivity index (χ0n) is 12.5. The standard InChI is InChI=1S/C19H15BrFNO/c1-12(14-7-6-13-4-2-3-5-15(13)10-14)22-19(23)17-11-16(21)8-9-18(17)20/h2-12H,1H3,(H,22,23). The van der Waals surface area contributed by atoms with Gasteiger partial charge < -0.3 is 5.32 Å². The van der Waals surface area contributed by atoms with Crippen LogP contribution in [0.15, 0.2) is 65.1 Å². The van der Waals surface area contributed by atoms with Gasteiger partial charge in [-0.2, -0.15) is 0 Å². The minimum absolute atomic E-state index is 0.178. The van der Waals surface area contributed by atoms with E-state index in [-0.39, 0.29) is 17.5 Å². The van der Waals surface area contributed by atoms with Crippen LogP contribution in [0.4, 0.5) is 4.39 Å². The summed E-state index contributed by atoms with van der Waals surface area (Å²) < 4.78 is 13.9. The van der Waals surface area contributed by atoms with Gasteiger partial charge in [-0.15, -0.1) is 0 Å². The minimum atomic E-state index is -0.434. The molecule has 0 aromatic heterocycles. The van der Waals surface area contributed by atoms with Gasteiger partial charge >= 0.3 is 0 Å². The van der Waals surface area contributed by atoms with Crippen LogP contribution in [-0.2, 0) is 0 Å². The molecule has 3 aromatic carbocycles. The number of hydrogen-bond acceptors (Lipinski definition) is 1. The van der Waals surface area contributed by atoms with E-state index in [4.69, 9.17) is 0 Å². The molecule has 1 amide bonds. The summed E-state index contributed by atoms with van der Waals surface area (Å²) in [7, 11) is 0. The van der Waals surface area contributed by atoms with Crippen molar-refractivity contribution in [1.29, 1.82) is 0 Å². The highest BCUT2D eigenvalue weighted by Crippen LogP contribution is 2.22. The fourth-order valence-corrected chi connectivity index (χ4v) is 2.93. The molecule has 0 saturated carbocycles. The van der Waals surface area contributed by atoms with E-state index in [1.807, 2.05) is 43.3 Å². The molecule has 3 aromatic rings. The smallest absolute Gasteiger partial charge is 0.253 e. The molecule has 0 heterocycles. The molecule has 1 atom stereocenters. The number of rotatable bonds is 3. The third-order valence-electron chi connectivity index (χ3n) is 3.79. The van der Waals surface area contributed by atoms with Crippen LogP contribution in [0.3, 0.4) is 0 Å². The van der Waals surface area contributed by atoms with Crippen molar-refractivity contribution in [3.05, 3.63) is 82.1 Å². The number of amides is 1. The third kappa shape index (κ3) is 3.42. The molecular formula is C19H15BrFNO. The predicted octanol–water partition coefficient (Wildman–Crippen LogP) is 5.23. The lowest BCUT2D eigenvalue weighted by Crippen LogP contribution is -2.27. The molecule has 1 N–H and O–H groups in total. The Labute approximate surface area is 142 Å². The quantitative estimate of drug-likeness (QED) is 0.670. The topological polar surface area (TPSA) is 29.1 Å². The zero-order valence-corrected chi connectivity index (χ0v) is 14.1. The zero-order chi connectivity index (χ0) is 16.4. The van der Waals surface area contributed by atoms with Crippen molar-refractivity contribution in [3.8, 4) is 0 Å². The Morgan fingerprint density at radius 2 is 1.78 bits per heavy atom. The lowest BCUT2D eigenvalue weighted by molar-refractivity contribution is 0.0938. The molecule has 3 rings (SSSR count). The van der Waals surface area contributed by atoms with E-state index >= 15 is 0 Å². The Balaban J connectivity index is 1.83. The second-order valence-electron chi connectivity index (χ2n) is 5.43. The summed E-state index contributed by atoms with van der Waals surface area (Å²) in [5.41, 5.74) is 1.29. The van der Waals surface area contributed by atoms with Gasteiger partial charge in [-0.05, 0) is 63.5 Å². The van der Waals surface area contributed by atoms with Crippen LogP contribution < -0.4 is 5.32 Å². The number of halogens is 2. The van der Waals surface area contributed by atoms with Crippen molar-refractivity contribution in [3.63, 3.8) is 0 Å². The SMILES string of the molecule is CC(NC(=O)c1cc(F)ccc1Br)c1ccc2ccccc2c1. The van der Waals surface area contributed by atoms with Crippen molar-refractivity contribution in [2.45, 2.75) is 13.0 Å². The first-order valence-electron chi connectivity index (χ1n) is 7.29. The Kier molecular flexibility index (Phi) is 4.44. The number of carbonyl (C=O) groups is 1. The highest BCUT2D eigenvalue weighted by Gasteiger charge is 2.15. The molecule has 116 valence electrons. The van der Waals surface area contributed by atoms with Gasteiger partial charge in [0, 0.05) is 4.47 Å². The van der Waals surface area contributed by atoms with E-state index in [9.17, 15) is 9.18 Å². The average Bonchev–Trinajstić information content (AvgIpc) is 2.56. The van der Waals surface area contributed by atoms with Crippen LogP contribution in [0, 0.1) is 5.82 Å².